The van der Waals surface area contributed by atoms with Gasteiger partial charge >= 0.3 is 0 Å². The van der Waals surface area contributed by atoms with Crippen molar-refractivity contribution < 1.29 is 13.2 Å². The molecule has 0 aliphatic heterocycles. The molecule has 0 spiro atoms. The van der Waals surface area contributed by atoms with Gasteiger partial charge in [0.1, 0.15) is 0 Å². The maximum atomic E-state index is 12.9. The van der Waals surface area contributed by atoms with Crippen molar-refractivity contribution >= 4 is 27.6 Å². The lowest BCUT2D eigenvalue weighted by molar-refractivity contribution is 0.0993. The van der Waals surface area contributed by atoms with Gasteiger partial charge in [-0.05, 0) is 50.1 Å². The number of rotatable bonds is 9. The molecule has 0 aliphatic rings. The Morgan fingerprint density at radius 1 is 1.09 bits per heavy atom. The first-order chi connectivity index (χ1) is 15.6. The van der Waals surface area contributed by atoms with E-state index >= 15 is 0 Å². The number of ketones is 1. The van der Waals surface area contributed by atoms with E-state index in [2.05, 4.69) is 10.2 Å². The summed E-state index contributed by atoms with van der Waals surface area (Å²) in [4.78, 5) is 13.1. The number of thioether (sulfide) groups is 1. The summed E-state index contributed by atoms with van der Waals surface area (Å²) in [6, 6.07) is 12.1. The lowest BCUT2D eigenvalue weighted by atomic mass is 10.0. The van der Waals surface area contributed by atoms with Crippen molar-refractivity contribution in [2.24, 2.45) is 0 Å². The van der Waals surface area contributed by atoms with Crippen LogP contribution in [0.3, 0.4) is 0 Å². The predicted molar refractivity (Wildman–Crippen MR) is 131 cm³/mol. The fraction of sp³-hybridized carbons (Fsp3) is 0.348. The Kier molecular flexibility index (Phi) is 7.61. The van der Waals surface area contributed by atoms with Gasteiger partial charge in [0.15, 0.2) is 11.6 Å². The second-order valence-electron chi connectivity index (χ2n) is 7.72. The second-order valence-corrected chi connectivity index (χ2v) is 11.0. The highest BCUT2D eigenvalue weighted by atomic mass is 32.2. The van der Waals surface area contributed by atoms with Gasteiger partial charge in [-0.2, -0.15) is 4.31 Å². The van der Waals surface area contributed by atoms with Gasteiger partial charge in [0.25, 0.3) is 0 Å². The van der Waals surface area contributed by atoms with Gasteiger partial charge < -0.3 is 5.84 Å². The van der Waals surface area contributed by atoms with Crippen LogP contribution in [0.15, 0.2) is 52.5 Å². The van der Waals surface area contributed by atoms with Crippen LogP contribution in [-0.2, 0) is 10.0 Å². The zero-order valence-corrected chi connectivity index (χ0v) is 21.1. The monoisotopic (exact) mass is 487 g/mol. The number of sulfonamides is 1. The van der Waals surface area contributed by atoms with Crippen molar-refractivity contribution in [3.63, 3.8) is 0 Å². The Labute approximate surface area is 199 Å². The van der Waals surface area contributed by atoms with Crippen LogP contribution in [0.25, 0.3) is 11.4 Å². The maximum absolute atomic E-state index is 12.9. The molecule has 10 heteroatoms. The van der Waals surface area contributed by atoms with Gasteiger partial charge in [-0.25, -0.2) is 13.1 Å². The molecule has 3 aromatic rings. The standard InChI is InChI=1S/C23H29N5O3S2/c1-6-27(7-2)33(30,31)20-10-8-9-19(14-20)22-25-26-23(28(22)24)32-17(5)21(29)18-12-11-15(3)16(4)13-18/h8-14,17H,6-7,24H2,1-5H3/t17-/m0/s1. The van der Waals surface area contributed by atoms with E-state index < -0.39 is 15.3 Å². The quantitative estimate of drug-likeness (QED) is 0.278. The second kappa shape index (κ2) is 10.1. The van der Waals surface area contributed by atoms with Crippen molar-refractivity contribution in [1.82, 2.24) is 19.2 Å². The molecule has 2 N–H and O–H groups in total. The lowest BCUT2D eigenvalue weighted by Gasteiger charge is -2.18. The maximum Gasteiger partial charge on any atom is 0.243 e. The number of carbonyl (C=O) groups is 1. The topological polar surface area (TPSA) is 111 Å². The Hall–Kier alpha value is -2.69. The van der Waals surface area contributed by atoms with Crippen molar-refractivity contribution in [2.75, 3.05) is 18.9 Å². The number of nitrogen functional groups attached to an aromatic ring is 1. The Morgan fingerprint density at radius 2 is 1.79 bits per heavy atom. The van der Waals surface area contributed by atoms with Crippen LogP contribution >= 0.6 is 11.8 Å². The fourth-order valence-electron chi connectivity index (χ4n) is 3.40. The summed E-state index contributed by atoms with van der Waals surface area (Å²) in [7, 11) is -3.62. The third-order valence-corrected chi connectivity index (χ3v) is 8.65. The highest BCUT2D eigenvalue weighted by Crippen LogP contribution is 2.28. The lowest BCUT2D eigenvalue weighted by Crippen LogP contribution is -2.30. The van der Waals surface area contributed by atoms with Gasteiger partial charge in [-0.3, -0.25) is 4.79 Å². The van der Waals surface area contributed by atoms with E-state index in [1.54, 1.807) is 45.0 Å². The molecule has 1 aromatic heterocycles. The van der Waals surface area contributed by atoms with E-state index in [1.807, 2.05) is 32.0 Å². The summed E-state index contributed by atoms with van der Waals surface area (Å²) in [6.07, 6.45) is 0. The number of hydrogen-bond donors (Lipinski definition) is 1. The average Bonchev–Trinajstić information content (AvgIpc) is 3.15. The zero-order valence-electron chi connectivity index (χ0n) is 19.4. The van der Waals surface area contributed by atoms with Crippen LogP contribution in [0, 0.1) is 13.8 Å². The number of nitrogens with zero attached hydrogens (tertiary/aromatic N) is 4. The summed E-state index contributed by atoms with van der Waals surface area (Å²) in [5.41, 5.74) is 3.35. The Morgan fingerprint density at radius 3 is 2.42 bits per heavy atom. The SMILES string of the molecule is CCN(CC)S(=O)(=O)c1cccc(-c2nnc(S[C@@H](C)C(=O)c3ccc(C)c(C)c3)n2N)c1. The molecule has 0 unspecified atom stereocenters. The summed E-state index contributed by atoms with van der Waals surface area (Å²) in [5.74, 6) is 6.53. The molecule has 2 aromatic carbocycles. The molecule has 0 amide bonds. The summed E-state index contributed by atoms with van der Waals surface area (Å²) in [5, 5.41) is 8.23. The number of Topliss-reactive ketones (excluding diaryl/α,β-unsaturated/α-hetero) is 1. The normalized spacial score (nSPS) is 12.8. The smallest absolute Gasteiger partial charge is 0.243 e. The number of benzene rings is 2. The van der Waals surface area contributed by atoms with E-state index in [1.165, 1.54) is 20.7 Å². The first kappa shape index (κ1) is 24.9. The van der Waals surface area contributed by atoms with Gasteiger partial charge in [0.2, 0.25) is 15.2 Å². The highest BCUT2D eigenvalue weighted by Gasteiger charge is 2.24. The van der Waals surface area contributed by atoms with Gasteiger partial charge in [-0.15, -0.1) is 10.2 Å². The van der Waals surface area contributed by atoms with E-state index in [9.17, 15) is 13.2 Å². The highest BCUT2D eigenvalue weighted by molar-refractivity contribution is 8.00. The molecule has 33 heavy (non-hydrogen) atoms. The minimum atomic E-state index is -3.62. The first-order valence-corrected chi connectivity index (χ1v) is 13.0. The van der Waals surface area contributed by atoms with Crippen LogP contribution < -0.4 is 5.84 Å². The minimum absolute atomic E-state index is 0.0278. The molecular weight excluding hydrogens is 458 g/mol. The van der Waals surface area contributed by atoms with Crippen LogP contribution in [-0.4, -0.2) is 51.7 Å². The number of aromatic nitrogens is 3. The van der Waals surface area contributed by atoms with Gasteiger partial charge in [0.05, 0.1) is 10.1 Å². The van der Waals surface area contributed by atoms with E-state index in [0.29, 0.717) is 35.2 Å². The molecule has 0 radical (unpaired) electrons. The van der Waals surface area contributed by atoms with Crippen LogP contribution in [0.1, 0.15) is 42.3 Å². The van der Waals surface area contributed by atoms with Gasteiger partial charge in [0, 0.05) is 24.2 Å². The average molecular weight is 488 g/mol. The fourth-order valence-corrected chi connectivity index (χ4v) is 5.76. The molecule has 1 heterocycles. The molecule has 0 bridgehead atoms. The molecule has 176 valence electrons. The first-order valence-electron chi connectivity index (χ1n) is 10.7. The number of carbonyl (C=O) groups excluding carboxylic acids is 1. The molecular formula is C23H29N5O3S2. The third kappa shape index (κ3) is 5.13. The number of nitrogens with two attached hydrogens (primary N) is 1. The van der Waals surface area contributed by atoms with Gasteiger partial charge in [-0.1, -0.05) is 49.9 Å². The molecule has 0 fully saturated rings. The largest absolute Gasteiger partial charge is 0.335 e. The molecule has 0 saturated carbocycles. The predicted octanol–water partition coefficient (Wildman–Crippen LogP) is 3.67. The Balaban J connectivity index is 1.85. The molecule has 1 atom stereocenters. The van der Waals surface area contributed by atoms with Crippen molar-refractivity contribution in [2.45, 2.75) is 49.9 Å². The molecule has 0 saturated heterocycles. The number of aryl methyl sites for hydroxylation is 2. The molecule has 8 nitrogen and oxygen atoms in total. The van der Waals surface area contributed by atoms with Crippen LogP contribution in [0.2, 0.25) is 0 Å². The van der Waals surface area contributed by atoms with E-state index in [-0.39, 0.29) is 10.7 Å². The Bertz CT molecular complexity index is 1270. The van der Waals surface area contributed by atoms with Crippen molar-refractivity contribution in [3.05, 3.63) is 59.2 Å². The summed E-state index contributed by atoms with van der Waals surface area (Å²) in [6.45, 7) is 10.1. The third-order valence-electron chi connectivity index (χ3n) is 5.54. The van der Waals surface area contributed by atoms with Crippen molar-refractivity contribution in [1.29, 1.82) is 0 Å². The van der Waals surface area contributed by atoms with E-state index in [0.717, 1.165) is 11.1 Å². The molecule has 0 aliphatic carbocycles. The van der Waals surface area contributed by atoms with Crippen LogP contribution in [0.4, 0.5) is 0 Å². The zero-order chi connectivity index (χ0) is 24.3. The summed E-state index contributed by atoms with van der Waals surface area (Å²) < 4.78 is 28.4. The summed E-state index contributed by atoms with van der Waals surface area (Å²) >= 11 is 1.21. The van der Waals surface area contributed by atoms with Crippen molar-refractivity contribution in [3.8, 4) is 11.4 Å². The minimum Gasteiger partial charge on any atom is -0.335 e. The number of hydrogen-bond acceptors (Lipinski definition) is 7. The van der Waals surface area contributed by atoms with E-state index in [4.69, 9.17) is 5.84 Å². The van der Waals surface area contributed by atoms with Crippen LogP contribution in [0.5, 0.6) is 0 Å². The molecule has 3 rings (SSSR count).